The predicted molar refractivity (Wildman–Crippen MR) is 86.4 cm³/mol. The average Bonchev–Trinajstić information content (AvgIpc) is 2.54. The van der Waals surface area contributed by atoms with Crippen LogP contribution in [-0.4, -0.2) is 5.78 Å². The zero-order valence-electron chi connectivity index (χ0n) is 10.8. The van der Waals surface area contributed by atoms with Gasteiger partial charge in [-0.25, -0.2) is 0 Å². The second kappa shape index (κ2) is 5.59. The van der Waals surface area contributed by atoms with Crippen LogP contribution in [0.3, 0.4) is 0 Å². The highest BCUT2D eigenvalue weighted by Crippen LogP contribution is 2.28. The van der Waals surface area contributed by atoms with Crippen LogP contribution in [0, 0.1) is 0 Å². The SMILES string of the molecule is O=C(c1ccc2ccccc2c1)C(Br)c1ccccc1. The van der Waals surface area contributed by atoms with Crippen molar-refractivity contribution in [3.8, 4) is 0 Å². The van der Waals surface area contributed by atoms with Crippen LogP contribution in [0.4, 0.5) is 0 Å². The van der Waals surface area contributed by atoms with Gasteiger partial charge in [-0.1, -0.05) is 82.7 Å². The van der Waals surface area contributed by atoms with Crippen LogP contribution in [0.5, 0.6) is 0 Å². The lowest BCUT2D eigenvalue weighted by Gasteiger charge is -2.10. The smallest absolute Gasteiger partial charge is 0.180 e. The molecule has 0 bridgehead atoms. The topological polar surface area (TPSA) is 17.1 Å². The van der Waals surface area contributed by atoms with Crippen LogP contribution in [0.2, 0.25) is 0 Å². The molecule has 0 spiro atoms. The van der Waals surface area contributed by atoms with Gasteiger partial charge in [0.25, 0.3) is 0 Å². The molecule has 0 radical (unpaired) electrons. The van der Waals surface area contributed by atoms with Crippen molar-refractivity contribution in [2.24, 2.45) is 0 Å². The van der Waals surface area contributed by atoms with Gasteiger partial charge >= 0.3 is 0 Å². The summed E-state index contributed by atoms with van der Waals surface area (Å²) in [6.45, 7) is 0. The van der Waals surface area contributed by atoms with E-state index in [2.05, 4.69) is 15.9 Å². The van der Waals surface area contributed by atoms with Gasteiger partial charge in [-0.3, -0.25) is 4.79 Å². The van der Waals surface area contributed by atoms with Crippen molar-refractivity contribution in [2.75, 3.05) is 0 Å². The Morgan fingerprint density at radius 2 is 1.45 bits per heavy atom. The average molecular weight is 325 g/mol. The number of Topliss-reactive ketones (excluding diaryl/α,β-unsaturated/α-hetero) is 1. The maximum absolute atomic E-state index is 12.5. The van der Waals surface area contributed by atoms with Gasteiger partial charge in [-0.15, -0.1) is 0 Å². The number of hydrogen-bond acceptors (Lipinski definition) is 1. The minimum absolute atomic E-state index is 0.0851. The van der Waals surface area contributed by atoms with E-state index in [1.54, 1.807) is 0 Å². The summed E-state index contributed by atoms with van der Waals surface area (Å²) in [5.41, 5.74) is 1.71. The van der Waals surface area contributed by atoms with Crippen LogP contribution in [0.25, 0.3) is 10.8 Å². The number of rotatable bonds is 3. The summed E-state index contributed by atoms with van der Waals surface area (Å²) in [5, 5.41) is 2.24. The summed E-state index contributed by atoms with van der Waals surface area (Å²) in [7, 11) is 0. The van der Waals surface area contributed by atoms with Gasteiger partial charge in [0, 0.05) is 5.56 Å². The number of benzene rings is 3. The molecule has 0 amide bonds. The Labute approximate surface area is 126 Å². The Hall–Kier alpha value is -1.93. The Bertz CT molecular complexity index is 749. The molecule has 3 aromatic rings. The molecule has 1 atom stereocenters. The summed E-state index contributed by atoms with van der Waals surface area (Å²) < 4.78 is 0. The fraction of sp³-hybridized carbons (Fsp3) is 0.0556. The molecule has 0 aromatic heterocycles. The first-order chi connectivity index (χ1) is 9.75. The minimum atomic E-state index is -0.301. The molecule has 1 nitrogen and oxygen atoms in total. The summed E-state index contributed by atoms with van der Waals surface area (Å²) in [6.07, 6.45) is 0. The second-order valence-electron chi connectivity index (χ2n) is 4.70. The van der Waals surface area contributed by atoms with Crippen LogP contribution >= 0.6 is 15.9 Å². The number of hydrogen-bond donors (Lipinski definition) is 0. The number of halogens is 1. The first-order valence-corrected chi connectivity index (χ1v) is 7.39. The monoisotopic (exact) mass is 324 g/mol. The second-order valence-corrected chi connectivity index (χ2v) is 5.62. The normalized spacial score (nSPS) is 12.2. The lowest BCUT2D eigenvalue weighted by molar-refractivity contribution is 0.0991. The summed E-state index contributed by atoms with van der Waals surface area (Å²) in [4.78, 5) is 12.2. The zero-order valence-corrected chi connectivity index (χ0v) is 12.4. The molecule has 3 rings (SSSR count). The molecule has 98 valence electrons. The first-order valence-electron chi connectivity index (χ1n) is 6.48. The predicted octanol–water partition coefficient (Wildman–Crippen LogP) is 5.16. The van der Waals surface area contributed by atoms with E-state index in [0.717, 1.165) is 21.9 Å². The Balaban J connectivity index is 1.96. The van der Waals surface area contributed by atoms with Gasteiger partial charge < -0.3 is 0 Å². The van der Waals surface area contributed by atoms with Crippen molar-refractivity contribution in [1.82, 2.24) is 0 Å². The van der Waals surface area contributed by atoms with Crippen LogP contribution in [-0.2, 0) is 0 Å². The maximum atomic E-state index is 12.5. The molecule has 0 saturated carbocycles. The number of fused-ring (bicyclic) bond motifs is 1. The third-order valence-electron chi connectivity index (χ3n) is 3.36. The van der Waals surface area contributed by atoms with Crippen molar-refractivity contribution < 1.29 is 4.79 Å². The molecule has 0 aliphatic rings. The zero-order chi connectivity index (χ0) is 13.9. The van der Waals surface area contributed by atoms with E-state index in [1.165, 1.54) is 0 Å². The molecule has 0 aliphatic heterocycles. The van der Waals surface area contributed by atoms with Crippen molar-refractivity contribution in [3.63, 3.8) is 0 Å². The van der Waals surface area contributed by atoms with E-state index in [4.69, 9.17) is 0 Å². The maximum Gasteiger partial charge on any atom is 0.180 e. The molecular formula is C18H13BrO. The third kappa shape index (κ3) is 2.52. The quantitative estimate of drug-likeness (QED) is 0.480. The fourth-order valence-electron chi connectivity index (χ4n) is 2.26. The standard InChI is InChI=1S/C18H13BrO/c19-17(14-7-2-1-3-8-14)18(20)16-11-10-13-6-4-5-9-15(13)12-16/h1-12,17H. The highest BCUT2D eigenvalue weighted by atomic mass is 79.9. The largest absolute Gasteiger partial charge is 0.293 e. The highest BCUT2D eigenvalue weighted by Gasteiger charge is 2.18. The Morgan fingerprint density at radius 3 is 2.20 bits per heavy atom. The summed E-state index contributed by atoms with van der Waals surface area (Å²) >= 11 is 3.50. The van der Waals surface area contributed by atoms with E-state index in [0.29, 0.717) is 0 Å². The minimum Gasteiger partial charge on any atom is -0.293 e. The molecule has 20 heavy (non-hydrogen) atoms. The van der Waals surface area contributed by atoms with E-state index in [1.807, 2.05) is 72.8 Å². The van der Waals surface area contributed by atoms with E-state index >= 15 is 0 Å². The first kappa shape index (κ1) is 13.1. The molecule has 1 unspecified atom stereocenters. The number of alkyl halides is 1. The molecule has 2 heteroatoms. The highest BCUT2D eigenvalue weighted by molar-refractivity contribution is 9.09. The lowest BCUT2D eigenvalue weighted by Crippen LogP contribution is -2.06. The van der Waals surface area contributed by atoms with E-state index in [9.17, 15) is 4.79 Å². The van der Waals surface area contributed by atoms with Gasteiger partial charge in [0.15, 0.2) is 5.78 Å². The summed E-state index contributed by atoms with van der Waals surface area (Å²) in [6, 6.07) is 23.6. The van der Waals surface area contributed by atoms with Crippen molar-refractivity contribution in [3.05, 3.63) is 83.9 Å². The molecule has 0 fully saturated rings. The number of ketones is 1. The molecule has 0 heterocycles. The van der Waals surface area contributed by atoms with Gasteiger partial charge in [-0.05, 0) is 22.4 Å². The number of carbonyl (C=O) groups excluding carboxylic acids is 1. The van der Waals surface area contributed by atoms with Crippen molar-refractivity contribution in [2.45, 2.75) is 4.83 Å². The molecule has 3 aromatic carbocycles. The molecule has 0 aliphatic carbocycles. The van der Waals surface area contributed by atoms with Crippen LogP contribution in [0.15, 0.2) is 72.8 Å². The Morgan fingerprint density at radius 1 is 0.800 bits per heavy atom. The molecular weight excluding hydrogens is 312 g/mol. The Kier molecular flexibility index (Phi) is 3.66. The fourth-order valence-corrected chi connectivity index (χ4v) is 2.83. The van der Waals surface area contributed by atoms with Gasteiger partial charge in [0.05, 0.1) is 0 Å². The van der Waals surface area contributed by atoms with Crippen molar-refractivity contribution in [1.29, 1.82) is 0 Å². The lowest BCUT2D eigenvalue weighted by atomic mass is 10.00. The van der Waals surface area contributed by atoms with E-state index < -0.39 is 0 Å². The van der Waals surface area contributed by atoms with Gasteiger partial charge in [-0.2, -0.15) is 0 Å². The molecule has 0 N–H and O–H groups in total. The van der Waals surface area contributed by atoms with Crippen LogP contribution < -0.4 is 0 Å². The van der Waals surface area contributed by atoms with Crippen LogP contribution in [0.1, 0.15) is 20.7 Å². The van der Waals surface area contributed by atoms with Gasteiger partial charge in [0.1, 0.15) is 4.83 Å². The van der Waals surface area contributed by atoms with E-state index in [-0.39, 0.29) is 10.6 Å². The molecule has 0 saturated heterocycles. The summed E-state index contributed by atoms with van der Waals surface area (Å²) in [5.74, 6) is 0.0851. The third-order valence-corrected chi connectivity index (χ3v) is 4.30. The van der Waals surface area contributed by atoms with Crippen molar-refractivity contribution >= 4 is 32.5 Å². The number of carbonyl (C=O) groups is 1. The van der Waals surface area contributed by atoms with Gasteiger partial charge in [0.2, 0.25) is 0 Å².